The van der Waals surface area contributed by atoms with Crippen LogP contribution in [0.2, 0.25) is 0 Å². The van der Waals surface area contributed by atoms with Crippen LogP contribution >= 0.6 is 0 Å². The summed E-state index contributed by atoms with van der Waals surface area (Å²) in [5.41, 5.74) is 4.94. The van der Waals surface area contributed by atoms with Crippen molar-refractivity contribution in [3.05, 3.63) is 34.6 Å². The molecule has 172 valence electrons. The summed E-state index contributed by atoms with van der Waals surface area (Å²) in [6.07, 6.45) is 9.05. The van der Waals surface area contributed by atoms with Gasteiger partial charge in [-0.15, -0.1) is 0 Å². The van der Waals surface area contributed by atoms with Crippen molar-refractivity contribution in [1.29, 1.82) is 0 Å². The lowest BCUT2D eigenvalue weighted by molar-refractivity contribution is -0.143. The van der Waals surface area contributed by atoms with Gasteiger partial charge >= 0.3 is 5.97 Å². The van der Waals surface area contributed by atoms with E-state index >= 15 is 0 Å². The number of amides is 1. The maximum atomic E-state index is 12.6. The summed E-state index contributed by atoms with van der Waals surface area (Å²) < 4.78 is 11.9. The number of hydrogen-bond donors (Lipinski definition) is 2. The average molecular weight is 440 g/mol. The summed E-state index contributed by atoms with van der Waals surface area (Å²) in [7, 11) is 1.65. The van der Waals surface area contributed by atoms with E-state index in [-0.39, 0.29) is 11.8 Å². The zero-order valence-electron chi connectivity index (χ0n) is 19.3. The van der Waals surface area contributed by atoms with Crippen molar-refractivity contribution >= 4 is 28.4 Å². The van der Waals surface area contributed by atoms with Crippen molar-refractivity contribution in [2.24, 2.45) is 11.8 Å². The van der Waals surface area contributed by atoms with E-state index in [1.807, 2.05) is 13.8 Å². The zero-order valence-corrected chi connectivity index (χ0v) is 19.3. The third-order valence-corrected chi connectivity index (χ3v) is 7.16. The van der Waals surface area contributed by atoms with Crippen molar-refractivity contribution in [2.75, 3.05) is 13.7 Å². The van der Waals surface area contributed by atoms with Crippen LogP contribution in [0.5, 0.6) is 5.75 Å². The Hall–Kier alpha value is -2.76. The first-order valence-electron chi connectivity index (χ1n) is 11.7. The van der Waals surface area contributed by atoms with Gasteiger partial charge in [-0.1, -0.05) is 0 Å². The molecule has 2 aliphatic rings. The van der Waals surface area contributed by atoms with E-state index in [9.17, 15) is 9.59 Å². The molecule has 0 spiro atoms. The summed E-state index contributed by atoms with van der Waals surface area (Å²) >= 11 is 0. The molecule has 1 saturated carbocycles. The van der Waals surface area contributed by atoms with Crippen molar-refractivity contribution in [2.45, 2.75) is 65.2 Å². The van der Waals surface area contributed by atoms with Gasteiger partial charge in [-0.2, -0.15) is 0 Å². The minimum Gasteiger partial charge on any atom is -0.496 e. The Balaban J connectivity index is 1.50. The average Bonchev–Trinajstić information content (AvgIpc) is 3.17. The Kier molecular flexibility index (Phi) is 6.58. The number of rotatable bonds is 6. The standard InChI is InChI=1S/C26H33NO5/c1-15(12-23(28)27-14-17-8-10-18(11-9-17)26(29)30)20-13-21-19-6-4-5-7-22(19)32-25(21)16(2)24(20)31-3/h12-13,17-18H,4-11,14H2,1-3H3,(H,27,28)(H,29,30)/b15-12+. The van der Waals surface area contributed by atoms with Gasteiger partial charge in [0.1, 0.15) is 17.1 Å². The van der Waals surface area contributed by atoms with E-state index in [1.165, 1.54) is 12.0 Å². The maximum absolute atomic E-state index is 12.6. The smallest absolute Gasteiger partial charge is 0.306 e. The van der Waals surface area contributed by atoms with Crippen molar-refractivity contribution in [3.63, 3.8) is 0 Å². The lowest BCUT2D eigenvalue weighted by atomic mass is 9.82. The van der Waals surface area contributed by atoms with E-state index in [2.05, 4.69) is 11.4 Å². The SMILES string of the molecule is COc1c(/C(C)=C/C(=O)NCC2CCC(C(=O)O)CC2)cc2c3c(oc2c1C)CCCC3. The second-order valence-electron chi connectivity index (χ2n) is 9.30. The quantitative estimate of drug-likeness (QED) is 0.616. The van der Waals surface area contributed by atoms with Gasteiger partial charge in [-0.3, -0.25) is 9.59 Å². The van der Waals surface area contributed by atoms with Crippen LogP contribution < -0.4 is 10.1 Å². The highest BCUT2D eigenvalue weighted by Crippen LogP contribution is 2.41. The second kappa shape index (κ2) is 9.39. The molecule has 0 aliphatic heterocycles. The first kappa shape index (κ1) is 22.4. The molecule has 1 amide bonds. The highest BCUT2D eigenvalue weighted by atomic mass is 16.5. The third kappa shape index (κ3) is 4.41. The predicted molar refractivity (Wildman–Crippen MR) is 124 cm³/mol. The highest BCUT2D eigenvalue weighted by molar-refractivity contribution is 5.98. The van der Waals surface area contributed by atoms with Gasteiger partial charge in [0.15, 0.2) is 0 Å². The number of nitrogens with one attached hydrogen (secondary N) is 1. The number of ether oxygens (including phenoxy) is 1. The Morgan fingerprint density at radius 1 is 1.22 bits per heavy atom. The molecule has 2 aromatic rings. The van der Waals surface area contributed by atoms with Gasteiger partial charge in [0.25, 0.3) is 0 Å². The minimum absolute atomic E-state index is 0.128. The van der Waals surface area contributed by atoms with Crippen molar-refractivity contribution in [3.8, 4) is 5.75 Å². The fourth-order valence-electron chi connectivity index (χ4n) is 5.28. The molecule has 1 aromatic heterocycles. The van der Waals surface area contributed by atoms with Crippen molar-refractivity contribution < 1.29 is 23.8 Å². The Bertz CT molecular complexity index is 1060. The second-order valence-corrected chi connectivity index (χ2v) is 9.30. The molecule has 0 unspecified atom stereocenters. The summed E-state index contributed by atoms with van der Waals surface area (Å²) in [6, 6.07) is 2.11. The predicted octanol–water partition coefficient (Wildman–Crippen LogP) is 5.04. The molecule has 32 heavy (non-hydrogen) atoms. The van der Waals surface area contributed by atoms with Gasteiger partial charge in [0, 0.05) is 41.1 Å². The maximum Gasteiger partial charge on any atom is 0.306 e. The van der Waals surface area contributed by atoms with Gasteiger partial charge < -0.3 is 19.6 Å². The molecule has 0 atom stereocenters. The molecular formula is C26H33NO5. The molecule has 2 aliphatic carbocycles. The number of carboxylic acids is 1. The molecule has 0 radical (unpaired) electrons. The largest absolute Gasteiger partial charge is 0.496 e. The number of methoxy groups -OCH3 is 1. The summed E-state index contributed by atoms with van der Waals surface area (Å²) in [6.45, 7) is 4.53. The molecule has 1 heterocycles. The zero-order chi connectivity index (χ0) is 22.8. The number of allylic oxidation sites excluding steroid dienone is 1. The number of furan rings is 1. The molecule has 0 bridgehead atoms. The number of hydrogen-bond acceptors (Lipinski definition) is 4. The topological polar surface area (TPSA) is 88.8 Å². The number of benzene rings is 1. The van der Waals surface area contributed by atoms with Crippen LogP contribution in [-0.4, -0.2) is 30.6 Å². The van der Waals surface area contributed by atoms with Gasteiger partial charge in [0.2, 0.25) is 5.91 Å². The molecule has 6 nitrogen and oxygen atoms in total. The van der Waals surface area contributed by atoms with Crippen LogP contribution in [0.15, 0.2) is 16.6 Å². The molecule has 4 rings (SSSR count). The fourth-order valence-corrected chi connectivity index (χ4v) is 5.28. The number of carbonyl (C=O) groups is 2. The van der Waals surface area contributed by atoms with Crippen LogP contribution in [0.25, 0.3) is 16.5 Å². The van der Waals surface area contributed by atoms with Crippen LogP contribution in [0, 0.1) is 18.8 Å². The summed E-state index contributed by atoms with van der Waals surface area (Å²) in [5.74, 6) is 1.11. The Morgan fingerprint density at radius 3 is 2.62 bits per heavy atom. The lowest BCUT2D eigenvalue weighted by Gasteiger charge is -2.26. The molecular weight excluding hydrogens is 406 g/mol. The van der Waals surface area contributed by atoms with Gasteiger partial charge in [-0.05, 0) is 76.4 Å². The van der Waals surface area contributed by atoms with Crippen molar-refractivity contribution in [1.82, 2.24) is 5.32 Å². The van der Waals surface area contributed by atoms with Crippen LogP contribution in [-0.2, 0) is 22.4 Å². The fraction of sp³-hybridized carbons (Fsp3) is 0.538. The number of carboxylic acid groups (broad SMARTS) is 1. The van der Waals surface area contributed by atoms with Crippen LogP contribution in [0.4, 0.5) is 0 Å². The Morgan fingerprint density at radius 2 is 1.94 bits per heavy atom. The number of fused-ring (bicyclic) bond motifs is 3. The molecule has 1 fully saturated rings. The summed E-state index contributed by atoms with van der Waals surface area (Å²) in [5, 5.41) is 13.3. The highest BCUT2D eigenvalue weighted by Gasteiger charge is 2.26. The van der Waals surface area contributed by atoms with E-state index in [0.717, 1.165) is 71.3 Å². The lowest BCUT2D eigenvalue weighted by Crippen LogP contribution is -2.31. The molecule has 1 aromatic carbocycles. The van der Waals surface area contributed by atoms with E-state index in [0.29, 0.717) is 25.3 Å². The molecule has 2 N–H and O–H groups in total. The third-order valence-electron chi connectivity index (χ3n) is 7.16. The molecule has 6 heteroatoms. The van der Waals surface area contributed by atoms with Gasteiger partial charge in [0.05, 0.1) is 13.0 Å². The van der Waals surface area contributed by atoms with Crippen LogP contribution in [0.3, 0.4) is 0 Å². The van der Waals surface area contributed by atoms with E-state index in [1.54, 1.807) is 13.2 Å². The van der Waals surface area contributed by atoms with E-state index < -0.39 is 5.97 Å². The minimum atomic E-state index is -0.703. The first-order valence-corrected chi connectivity index (χ1v) is 11.7. The monoisotopic (exact) mass is 439 g/mol. The summed E-state index contributed by atoms with van der Waals surface area (Å²) in [4.78, 5) is 23.7. The Labute approximate surface area is 189 Å². The van der Waals surface area contributed by atoms with Gasteiger partial charge in [-0.25, -0.2) is 0 Å². The number of carbonyl (C=O) groups excluding carboxylic acids is 1. The van der Waals surface area contributed by atoms with E-state index in [4.69, 9.17) is 14.3 Å². The number of aryl methyl sites for hydroxylation is 3. The normalized spacial score (nSPS) is 21.3. The van der Waals surface area contributed by atoms with Crippen LogP contribution in [0.1, 0.15) is 67.9 Å². The first-order chi connectivity index (χ1) is 15.4. The molecule has 0 saturated heterocycles. The number of aliphatic carboxylic acids is 1.